The fraction of sp³-hybridized carbons (Fsp3) is 0.0714. The van der Waals surface area contributed by atoms with E-state index in [1.165, 1.54) is 17.7 Å². The van der Waals surface area contributed by atoms with Crippen LogP contribution in [0.2, 0.25) is 5.02 Å². The van der Waals surface area contributed by atoms with Crippen LogP contribution in [0.4, 0.5) is 0 Å². The number of ether oxygens (including phenoxy) is 1. The van der Waals surface area contributed by atoms with Crippen LogP contribution >= 0.6 is 22.9 Å². The summed E-state index contributed by atoms with van der Waals surface area (Å²) >= 11 is 7.50. The molecule has 2 aromatic heterocycles. The highest BCUT2D eigenvalue weighted by molar-refractivity contribution is 7.17. The number of rotatable bonds is 2. The second kappa shape index (κ2) is 5.08. The molecule has 0 atom stereocenters. The van der Waals surface area contributed by atoms with Gasteiger partial charge in [-0.25, -0.2) is 9.97 Å². The molecule has 1 aromatic carbocycles. The Morgan fingerprint density at radius 2 is 2.20 bits per heavy atom. The van der Waals surface area contributed by atoms with Gasteiger partial charge in [-0.2, -0.15) is 5.26 Å². The summed E-state index contributed by atoms with van der Waals surface area (Å²) < 4.78 is 6.62. The molecule has 98 valence electrons. The number of aromatic nitrogens is 2. The lowest BCUT2D eigenvalue weighted by molar-refractivity contribution is 0.467. The zero-order valence-electron chi connectivity index (χ0n) is 10.4. The molecule has 0 amide bonds. The molecule has 20 heavy (non-hydrogen) atoms. The molecular weight excluding hydrogens is 294 g/mol. The van der Waals surface area contributed by atoms with E-state index in [0.29, 0.717) is 22.2 Å². The number of halogens is 1. The molecule has 0 unspecified atom stereocenters. The second-order valence-corrected chi connectivity index (χ2v) is 5.39. The van der Waals surface area contributed by atoms with E-state index in [1.54, 1.807) is 18.2 Å². The number of benzene rings is 1. The highest BCUT2D eigenvalue weighted by Crippen LogP contribution is 2.35. The maximum Gasteiger partial charge on any atom is 0.240 e. The Hall–Kier alpha value is -2.16. The second-order valence-electron chi connectivity index (χ2n) is 4.10. The van der Waals surface area contributed by atoms with Crippen LogP contribution in [-0.4, -0.2) is 9.97 Å². The lowest BCUT2D eigenvalue weighted by atomic mass is 10.2. The smallest absolute Gasteiger partial charge is 0.240 e. The van der Waals surface area contributed by atoms with E-state index in [1.807, 2.05) is 18.4 Å². The molecule has 0 spiro atoms. The largest absolute Gasteiger partial charge is 0.436 e. The maximum atomic E-state index is 9.15. The Bertz CT molecular complexity index is 838. The number of hydrogen-bond acceptors (Lipinski definition) is 5. The van der Waals surface area contributed by atoms with Crippen molar-refractivity contribution in [3.63, 3.8) is 0 Å². The van der Waals surface area contributed by atoms with Gasteiger partial charge in [-0.1, -0.05) is 17.7 Å². The van der Waals surface area contributed by atoms with E-state index >= 15 is 0 Å². The summed E-state index contributed by atoms with van der Waals surface area (Å²) in [5.41, 5.74) is 2.23. The third-order valence-corrected chi connectivity index (χ3v) is 4.18. The highest BCUT2D eigenvalue weighted by atomic mass is 35.5. The lowest BCUT2D eigenvalue weighted by Gasteiger charge is -2.07. The van der Waals surface area contributed by atoms with E-state index < -0.39 is 0 Å². The van der Waals surface area contributed by atoms with Gasteiger partial charge >= 0.3 is 0 Å². The third kappa shape index (κ3) is 2.09. The van der Waals surface area contributed by atoms with Crippen molar-refractivity contribution in [2.75, 3.05) is 0 Å². The summed E-state index contributed by atoms with van der Waals surface area (Å²) in [7, 11) is 0. The molecule has 3 aromatic rings. The molecule has 4 nitrogen and oxygen atoms in total. The highest BCUT2D eigenvalue weighted by Gasteiger charge is 2.13. The molecule has 0 bridgehead atoms. The molecule has 0 saturated heterocycles. The number of nitrogens with zero attached hydrogens (tertiary/aromatic N) is 3. The van der Waals surface area contributed by atoms with Crippen LogP contribution in [0.15, 0.2) is 29.9 Å². The molecule has 0 N–H and O–H groups in total. The minimum atomic E-state index is 0.300. The Morgan fingerprint density at radius 1 is 1.35 bits per heavy atom. The first-order chi connectivity index (χ1) is 9.70. The summed E-state index contributed by atoms with van der Waals surface area (Å²) in [6, 6.07) is 7.12. The molecule has 0 radical (unpaired) electrons. The van der Waals surface area contributed by atoms with Gasteiger partial charge in [0.2, 0.25) is 5.88 Å². The van der Waals surface area contributed by atoms with E-state index in [-0.39, 0.29) is 0 Å². The van der Waals surface area contributed by atoms with Crippen LogP contribution in [0, 0.1) is 18.3 Å². The van der Waals surface area contributed by atoms with Crippen LogP contribution in [0.5, 0.6) is 11.6 Å². The van der Waals surface area contributed by atoms with Crippen molar-refractivity contribution in [2.45, 2.75) is 6.92 Å². The fourth-order valence-electron chi connectivity index (χ4n) is 1.82. The van der Waals surface area contributed by atoms with Crippen LogP contribution in [-0.2, 0) is 0 Å². The van der Waals surface area contributed by atoms with Gasteiger partial charge in [-0.3, -0.25) is 0 Å². The first kappa shape index (κ1) is 12.9. The molecule has 0 saturated carbocycles. The summed E-state index contributed by atoms with van der Waals surface area (Å²) in [6.07, 6.45) is 1.45. The average molecular weight is 302 g/mol. The van der Waals surface area contributed by atoms with Crippen LogP contribution < -0.4 is 4.74 Å². The van der Waals surface area contributed by atoms with Crippen LogP contribution in [0.25, 0.3) is 10.2 Å². The standard InChI is InChI=1S/C14H8ClN3OS/c1-8-6-20-13-12(8)17-7-18-14(13)19-11-4-2-3-10(15)9(11)5-16/h2-4,6-7H,1H3. The van der Waals surface area contributed by atoms with Crippen molar-refractivity contribution in [1.82, 2.24) is 9.97 Å². The molecule has 0 aliphatic rings. The molecule has 2 heterocycles. The number of thiophene rings is 1. The first-order valence-corrected chi connectivity index (χ1v) is 7.01. The van der Waals surface area contributed by atoms with Crippen molar-refractivity contribution in [1.29, 1.82) is 5.26 Å². The first-order valence-electron chi connectivity index (χ1n) is 5.76. The van der Waals surface area contributed by atoms with Gasteiger partial charge in [-0.15, -0.1) is 11.3 Å². The SMILES string of the molecule is Cc1csc2c(Oc3cccc(Cl)c3C#N)ncnc12. The average Bonchev–Trinajstić information content (AvgIpc) is 2.82. The molecule has 0 aliphatic carbocycles. The molecule has 0 aliphatic heterocycles. The van der Waals surface area contributed by atoms with Crippen LogP contribution in [0.3, 0.4) is 0 Å². The van der Waals surface area contributed by atoms with Gasteiger partial charge in [0.1, 0.15) is 28.4 Å². The number of fused-ring (bicyclic) bond motifs is 1. The van der Waals surface area contributed by atoms with Gasteiger partial charge in [0.25, 0.3) is 0 Å². The summed E-state index contributed by atoms with van der Waals surface area (Å²) in [5.74, 6) is 0.831. The number of nitriles is 1. The predicted octanol–water partition coefficient (Wildman–Crippen LogP) is 4.32. The van der Waals surface area contributed by atoms with Gasteiger partial charge < -0.3 is 4.74 Å². The van der Waals surface area contributed by atoms with Gasteiger partial charge in [0, 0.05) is 0 Å². The topological polar surface area (TPSA) is 58.8 Å². The Morgan fingerprint density at radius 3 is 3.00 bits per heavy atom. The van der Waals surface area contributed by atoms with E-state index in [9.17, 15) is 0 Å². The predicted molar refractivity (Wildman–Crippen MR) is 78.4 cm³/mol. The lowest BCUT2D eigenvalue weighted by Crippen LogP contribution is -1.92. The Balaban J connectivity index is 2.11. The van der Waals surface area contributed by atoms with Crippen molar-refractivity contribution >= 4 is 33.2 Å². The fourth-order valence-corrected chi connectivity index (χ4v) is 2.96. The Labute approximate surface area is 124 Å². The normalized spacial score (nSPS) is 10.4. The number of hydrogen-bond donors (Lipinski definition) is 0. The summed E-state index contributed by atoms with van der Waals surface area (Å²) in [4.78, 5) is 8.38. The van der Waals surface area contributed by atoms with Crippen molar-refractivity contribution < 1.29 is 4.74 Å². The zero-order valence-corrected chi connectivity index (χ0v) is 12.0. The quantitative estimate of drug-likeness (QED) is 0.707. The van der Waals surface area contributed by atoms with Crippen LogP contribution in [0.1, 0.15) is 11.1 Å². The van der Waals surface area contributed by atoms with Gasteiger partial charge in [0.05, 0.1) is 10.5 Å². The van der Waals surface area contributed by atoms with E-state index in [0.717, 1.165) is 15.8 Å². The van der Waals surface area contributed by atoms with Gasteiger partial charge in [0.15, 0.2) is 0 Å². The molecule has 6 heteroatoms. The van der Waals surface area contributed by atoms with Crippen molar-refractivity contribution in [3.05, 3.63) is 46.1 Å². The minimum Gasteiger partial charge on any atom is -0.436 e. The monoisotopic (exact) mass is 301 g/mol. The summed E-state index contributed by atoms with van der Waals surface area (Å²) in [5, 5.41) is 11.5. The van der Waals surface area contributed by atoms with E-state index in [4.69, 9.17) is 21.6 Å². The van der Waals surface area contributed by atoms with Crippen molar-refractivity contribution in [3.8, 4) is 17.7 Å². The number of aryl methyl sites for hydroxylation is 1. The summed E-state index contributed by atoms with van der Waals surface area (Å²) in [6.45, 7) is 1.98. The minimum absolute atomic E-state index is 0.300. The molecule has 3 rings (SSSR count). The van der Waals surface area contributed by atoms with Crippen molar-refractivity contribution in [2.24, 2.45) is 0 Å². The van der Waals surface area contributed by atoms with E-state index in [2.05, 4.69) is 9.97 Å². The van der Waals surface area contributed by atoms with Gasteiger partial charge in [-0.05, 0) is 30.0 Å². The zero-order chi connectivity index (χ0) is 14.1. The Kier molecular flexibility index (Phi) is 3.26. The third-order valence-electron chi connectivity index (χ3n) is 2.79. The molecular formula is C14H8ClN3OS. The molecule has 0 fully saturated rings. The maximum absolute atomic E-state index is 9.15.